The molecule has 0 aromatic heterocycles. The zero-order valence-corrected chi connectivity index (χ0v) is 16.6. The first kappa shape index (κ1) is 19.9. The Morgan fingerprint density at radius 2 is 1.68 bits per heavy atom. The van der Waals surface area contributed by atoms with Crippen molar-refractivity contribution in [1.29, 1.82) is 5.26 Å². The monoisotopic (exact) mass is 412 g/mol. The Kier molecular flexibility index (Phi) is 6.00. The minimum Gasteiger partial charge on any atom is -0.456 e. The molecule has 5 nitrogen and oxygen atoms in total. The molecule has 0 bridgehead atoms. The molecular weight excluding hydrogens is 396 g/mol. The fraction of sp³-hybridized carbons (Fsp3) is 0.0952. The summed E-state index contributed by atoms with van der Waals surface area (Å²) in [6.45, 7) is 0.273. The highest BCUT2D eigenvalue weighted by Crippen LogP contribution is 2.30. The fourth-order valence-electron chi connectivity index (χ4n) is 2.61. The zero-order valence-electron chi connectivity index (χ0n) is 15.0. The molecule has 3 aromatic carbocycles. The number of halogens is 1. The third-order valence-electron chi connectivity index (χ3n) is 4.09. The van der Waals surface area contributed by atoms with Gasteiger partial charge in [0.15, 0.2) is 0 Å². The average molecular weight is 413 g/mol. The molecule has 0 heterocycles. The van der Waals surface area contributed by atoms with E-state index < -0.39 is 10.0 Å². The van der Waals surface area contributed by atoms with Crippen LogP contribution in [0.25, 0.3) is 0 Å². The van der Waals surface area contributed by atoms with Crippen LogP contribution in [0.3, 0.4) is 0 Å². The maximum Gasteiger partial charge on any atom is 0.243 e. The van der Waals surface area contributed by atoms with Gasteiger partial charge in [0.2, 0.25) is 10.0 Å². The van der Waals surface area contributed by atoms with Gasteiger partial charge in [0.25, 0.3) is 0 Å². The average Bonchev–Trinajstić information content (AvgIpc) is 2.69. The number of sulfonamides is 1. The van der Waals surface area contributed by atoms with Gasteiger partial charge in [-0.2, -0.15) is 9.57 Å². The topological polar surface area (TPSA) is 70.4 Å². The summed E-state index contributed by atoms with van der Waals surface area (Å²) in [5.74, 6) is 0.718. The van der Waals surface area contributed by atoms with Crippen LogP contribution in [0.2, 0.25) is 5.02 Å². The van der Waals surface area contributed by atoms with E-state index in [2.05, 4.69) is 0 Å². The Balaban J connectivity index is 1.78. The predicted molar refractivity (Wildman–Crippen MR) is 108 cm³/mol. The quantitative estimate of drug-likeness (QED) is 0.581. The molecule has 3 rings (SSSR count). The van der Waals surface area contributed by atoms with Gasteiger partial charge in [-0.25, -0.2) is 8.42 Å². The number of nitriles is 1. The molecule has 0 amide bonds. The van der Waals surface area contributed by atoms with Crippen molar-refractivity contribution in [2.45, 2.75) is 11.4 Å². The molecular formula is C21H17ClN2O3S. The van der Waals surface area contributed by atoms with Crippen LogP contribution in [-0.2, 0) is 16.6 Å². The molecule has 28 heavy (non-hydrogen) atoms. The minimum absolute atomic E-state index is 0.157. The van der Waals surface area contributed by atoms with Crippen LogP contribution in [-0.4, -0.2) is 19.8 Å². The van der Waals surface area contributed by atoms with E-state index in [0.29, 0.717) is 16.5 Å². The number of nitrogens with zero attached hydrogens (tertiary/aromatic N) is 2. The highest BCUT2D eigenvalue weighted by molar-refractivity contribution is 7.89. The van der Waals surface area contributed by atoms with Crippen molar-refractivity contribution in [3.8, 4) is 17.6 Å². The summed E-state index contributed by atoms with van der Waals surface area (Å²) in [4.78, 5) is 0.157. The maximum absolute atomic E-state index is 12.8. The van der Waals surface area contributed by atoms with Gasteiger partial charge in [0, 0.05) is 13.6 Å². The van der Waals surface area contributed by atoms with Crippen LogP contribution in [0.1, 0.15) is 11.1 Å². The molecule has 0 N–H and O–H groups in total. The lowest BCUT2D eigenvalue weighted by molar-refractivity contribution is 0.465. The summed E-state index contributed by atoms with van der Waals surface area (Å²) >= 11 is 5.99. The van der Waals surface area contributed by atoms with Crippen LogP contribution in [0.4, 0.5) is 0 Å². The number of benzene rings is 3. The third-order valence-corrected chi connectivity index (χ3v) is 6.23. The Morgan fingerprint density at radius 3 is 2.32 bits per heavy atom. The van der Waals surface area contributed by atoms with E-state index in [0.717, 1.165) is 5.56 Å². The van der Waals surface area contributed by atoms with Crippen LogP contribution in [0.15, 0.2) is 77.7 Å². The molecule has 0 saturated heterocycles. The van der Waals surface area contributed by atoms with Crippen LogP contribution in [0.5, 0.6) is 11.5 Å². The summed E-state index contributed by atoms with van der Waals surface area (Å²) in [6, 6.07) is 22.3. The summed E-state index contributed by atoms with van der Waals surface area (Å²) in [6.07, 6.45) is 0. The molecule has 0 spiro atoms. The molecule has 0 unspecified atom stereocenters. The van der Waals surface area contributed by atoms with Crippen molar-refractivity contribution in [1.82, 2.24) is 4.31 Å². The second-order valence-corrected chi connectivity index (χ2v) is 8.50. The van der Waals surface area contributed by atoms with E-state index >= 15 is 0 Å². The largest absolute Gasteiger partial charge is 0.456 e. The van der Waals surface area contributed by atoms with Gasteiger partial charge in [0.05, 0.1) is 9.92 Å². The highest BCUT2D eigenvalue weighted by Gasteiger charge is 2.21. The number of hydrogen-bond donors (Lipinski definition) is 0. The molecule has 0 saturated carbocycles. The van der Waals surface area contributed by atoms with Crippen LogP contribution >= 0.6 is 11.6 Å². The Hall–Kier alpha value is -2.85. The summed E-state index contributed by atoms with van der Waals surface area (Å²) in [5, 5.41) is 9.50. The van der Waals surface area contributed by atoms with Crippen LogP contribution in [0, 0.1) is 11.3 Å². The fourth-order valence-corrected chi connectivity index (χ4v) is 3.98. The molecule has 0 aliphatic carbocycles. The first-order valence-electron chi connectivity index (χ1n) is 8.38. The Labute approximate surface area is 169 Å². The molecule has 0 atom stereocenters. The van der Waals surface area contributed by atoms with E-state index in [4.69, 9.17) is 16.3 Å². The first-order chi connectivity index (χ1) is 13.4. The molecule has 142 valence electrons. The minimum atomic E-state index is -3.64. The standard InChI is InChI=1S/C21H17ClN2O3S/c1-24(15-16-6-3-2-4-7-16)28(25,26)18-12-10-17(11-13-18)27-21-9-5-8-20(22)19(21)14-23/h2-13H,15H2,1H3. The molecule has 0 radical (unpaired) electrons. The van der Waals surface area contributed by atoms with E-state index in [1.807, 2.05) is 36.4 Å². The van der Waals surface area contributed by atoms with E-state index in [1.54, 1.807) is 30.3 Å². The van der Waals surface area contributed by atoms with E-state index in [-0.39, 0.29) is 17.0 Å². The lowest BCUT2D eigenvalue weighted by Gasteiger charge is -2.17. The maximum atomic E-state index is 12.8. The second kappa shape index (κ2) is 8.44. The van der Waals surface area contributed by atoms with Gasteiger partial charge in [-0.1, -0.05) is 48.0 Å². The smallest absolute Gasteiger partial charge is 0.243 e. The van der Waals surface area contributed by atoms with Crippen molar-refractivity contribution in [2.24, 2.45) is 0 Å². The van der Waals surface area contributed by atoms with Crippen molar-refractivity contribution < 1.29 is 13.2 Å². The summed E-state index contributed by atoms with van der Waals surface area (Å²) in [5.41, 5.74) is 1.13. The number of hydrogen-bond acceptors (Lipinski definition) is 4. The molecule has 0 aliphatic heterocycles. The van der Waals surface area contributed by atoms with E-state index in [1.165, 1.54) is 23.5 Å². The van der Waals surface area contributed by atoms with Crippen molar-refractivity contribution in [3.05, 3.63) is 88.9 Å². The summed E-state index contributed by atoms with van der Waals surface area (Å²) in [7, 11) is -2.10. The lowest BCUT2D eigenvalue weighted by Crippen LogP contribution is -2.26. The highest BCUT2D eigenvalue weighted by atomic mass is 35.5. The normalized spacial score (nSPS) is 11.2. The van der Waals surface area contributed by atoms with Crippen molar-refractivity contribution in [3.63, 3.8) is 0 Å². The third kappa shape index (κ3) is 4.34. The Morgan fingerprint density at radius 1 is 1.00 bits per heavy atom. The molecule has 3 aromatic rings. The first-order valence-corrected chi connectivity index (χ1v) is 10.2. The van der Waals surface area contributed by atoms with Gasteiger partial charge >= 0.3 is 0 Å². The van der Waals surface area contributed by atoms with Crippen LogP contribution < -0.4 is 4.74 Å². The van der Waals surface area contributed by atoms with Gasteiger partial charge in [-0.3, -0.25) is 0 Å². The lowest BCUT2D eigenvalue weighted by atomic mass is 10.2. The molecule has 0 aliphatic rings. The van der Waals surface area contributed by atoms with E-state index in [9.17, 15) is 13.7 Å². The number of ether oxygens (including phenoxy) is 1. The van der Waals surface area contributed by atoms with Gasteiger partial charge in [-0.15, -0.1) is 0 Å². The van der Waals surface area contributed by atoms with Crippen molar-refractivity contribution >= 4 is 21.6 Å². The molecule has 7 heteroatoms. The second-order valence-electron chi connectivity index (χ2n) is 6.04. The predicted octanol–water partition coefficient (Wildman–Crippen LogP) is 4.82. The number of rotatable bonds is 6. The zero-order chi connectivity index (χ0) is 20.1. The summed E-state index contributed by atoms with van der Waals surface area (Å²) < 4.78 is 32.5. The van der Waals surface area contributed by atoms with Crippen molar-refractivity contribution in [2.75, 3.05) is 7.05 Å². The SMILES string of the molecule is CN(Cc1ccccc1)S(=O)(=O)c1ccc(Oc2cccc(Cl)c2C#N)cc1. The van der Waals surface area contributed by atoms with Gasteiger partial charge in [-0.05, 0) is 42.0 Å². The molecule has 0 fully saturated rings. The Bertz CT molecular complexity index is 1110. The van der Waals surface area contributed by atoms with Gasteiger partial charge in [0.1, 0.15) is 23.1 Å². The van der Waals surface area contributed by atoms with Gasteiger partial charge < -0.3 is 4.74 Å².